The van der Waals surface area contributed by atoms with E-state index in [0.717, 1.165) is 10.6 Å². The van der Waals surface area contributed by atoms with Crippen molar-refractivity contribution in [2.75, 3.05) is 50.0 Å². The van der Waals surface area contributed by atoms with Crippen LogP contribution in [0.15, 0.2) is 47.4 Å². The zero-order valence-corrected chi connectivity index (χ0v) is 23.4. The normalized spacial score (nSPS) is 15.7. The van der Waals surface area contributed by atoms with Gasteiger partial charge in [-0.15, -0.1) is 0 Å². The Morgan fingerprint density at radius 1 is 1.14 bits per heavy atom. The van der Waals surface area contributed by atoms with Gasteiger partial charge in [0.2, 0.25) is 26.0 Å². The van der Waals surface area contributed by atoms with Gasteiger partial charge in [0.05, 0.1) is 36.6 Å². The molecule has 1 fully saturated rings. The standard InChI is InChI=1S/C24H32ClN3O7S2/c1-4-22(28(36(3,30)31)23-17-19(25)6-5-18(23)2)24(29)26-11-14-35-20-7-9-21(10-8-20)37(32,33)27-12-15-34-16-13-27/h5-10,17,22H,4,11-16H2,1-3H3,(H,26,29)/t22-/m1/s1. The summed E-state index contributed by atoms with van der Waals surface area (Å²) in [6.45, 7) is 5.06. The lowest BCUT2D eigenvalue weighted by Gasteiger charge is -2.31. The summed E-state index contributed by atoms with van der Waals surface area (Å²) in [7, 11) is -7.39. The molecule has 1 N–H and O–H groups in total. The molecule has 204 valence electrons. The first-order chi connectivity index (χ1) is 17.4. The van der Waals surface area contributed by atoms with E-state index in [1.54, 1.807) is 38.1 Å². The summed E-state index contributed by atoms with van der Waals surface area (Å²) in [5, 5.41) is 3.08. The molecule has 1 saturated heterocycles. The third-order valence-electron chi connectivity index (χ3n) is 5.84. The number of hydrogen-bond donors (Lipinski definition) is 1. The number of benzene rings is 2. The van der Waals surface area contributed by atoms with Gasteiger partial charge in [-0.2, -0.15) is 4.31 Å². The molecule has 1 amide bonds. The van der Waals surface area contributed by atoms with Gasteiger partial charge in [0.1, 0.15) is 18.4 Å². The molecule has 0 bridgehead atoms. The second-order valence-electron chi connectivity index (χ2n) is 8.54. The smallest absolute Gasteiger partial charge is 0.244 e. The van der Waals surface area contributed by atoms with E-state index < -0.39 is 32.0 Å². The van der Waals surface area contributed by atoms with Gasteiger partial charge in [0.25, 0.3) is 0 Å². The van der Waals surface area contributed by atoms with Crippen molar-refractivity contribution in [3.63, 3.8) is 0 Å². The predicted molar refractivity (Wildman–Crippen MR) is 142 cm³/mol. The molecule has 2 aromatic carbocycles. The van der Waals surface area contributed by atoms with E-state index in [1.807, 2.05) is 0 Å². The highest BCUT2D eigenvalue weighted by Gasteiger charge is 2.32. The Labute approximate surface area is 223 Å². The van der Waals surface area contributed by atoms with Crippen LogP contribution in [0.5, 0.6) is 5.75 Å². The molecule has 3 rings (SSSR count). The zero-order valence-electron chi connectivity index (χ0n) is 21.0. The van der Waals surface area contributed by atoms with Crippen LogP contribution in [0.3, 0.4) is 0 Å². The van der Waals surface area contributed by atoms with Crippen molar-refractivity contribution < 1.29 is 31.1 Å². The Balaban J connectivity index is 1.60. The summed E-state index contributed by atoms with van der Waals surface area (Å²) in [5.74, 6) is -0.0302. The van der Waals surface area contributed by atoms with Gasteiger partial charge in [-0.05, 0) is 55.3 Å². The zero-order chi connectivity index (χ0) is 27.2. The Hall–Kier alpha value is -2.38. The van der Waals surface area contributed by atoms with Crippen molar-refractivity contribution in [2.24, 2.45) is 0 Å². The quantitative estimate of drug-likeness (QED) is 0.410. The molecule has 0 radical (unpaired) electrons. The summed E-state index contributed by atoms with van der Waals surface area (Å²) >= 11 is 6.09. The minimum absolute atomic E-state index is 0.104. The number of carbonyl (C=O) groups is 1. The van der Waals surface area contributed by atoms with E-state index in [9.17, 15) is 21.6 Å². The number of amides is 1. The number of morpholine rings is 1. The van der Waals surface area contributed by atoms with Gasteiger partial charge < -0.3 is 14.8 Å². The SMILES string of the molecule is CC[C@H](C(=O)NCCOc1ccc(S(=O)(=O)N2CCOCC2)cc1)N(c1cc(Cl)ccc1C)S(C)(=O)=O. The van der Waals surface area contributed by atoms with E-state index in [1.165, 1.54) is 22.5 Å². The maximum absolute atomic E-state index is 13.0. The highest BCUT2D eigenvalue weighted by Crippen LogP contribution is 2.29. The lowest BCUT2D eigenvalue weighted by molar-refractivity contribution is -0.122. The number of aryl methyl sites for hydroxylation is 1. The number of carbonyl (C=O) groups excluding carboxylic acids is 1. The summed E-state index contributed by atoms with van der Waals surface area (Å²) in [4.78, 5) is 13.1. The van der Waals surface area contributed by atoms with E-state index in [4.69, 9.17) is 21.1 Å². The van der Waals surface area contributed by atoms with Crippen LogP contribution in [0.25, 0.3) is 0 Å². The first-order valence-electron chi connectivity index (χ1n) is 11.8. The van der Waals surface area contributed by atoms with Crippen LogP contribution in [0.2, 0.25) is 5.02 Å². The van der Waals surface area contributed by atoms with Crippen molar-refractivity contribution in [3.05, 3.63) is 53.1 Å². The van der Waals surface area contributed by atoms with Crippen LogP contribution < -0.4 is 14.4 Å². The monoisotopic (exact) mass is 573 g/mol. The Morgan fingerprint density at radius 2 is 1.78 bits per heavy atom. The molecule has 0 aliphatic carbocycles. The first-order valence-corrected chi connectivity index (χ1v) is 15.5. The lowest BCUT2D eigenvalue weighted by atomic mass is 10.1. The largest absolute Gasteiger partial charge is 0.492 e. The maximum Gasteiger partial charge on any atom is 0.244 e. The molecule has 0 saturated carbocycles. The Kier molecular flexibility index (Phi) is 9.81. The Morgan fingerprint density at radius 3 is 2.38 bits per heavy atom. The second kappa shape index (κ2) is 12.4. The number of halogens is 1. The molecule has 1 atom stereocenters. The van der Waals surface area contributed by atoms with Crippen LogP contribution in [0.4, 0.5) is 5.69 Å². The number of nitrogens with one attached hydrogen (secondary N) is 1. The predicted octanol–water partition coefficient (Wildman–Crippen LogP) is 2.41. The summed E-state index contributed by atoms with van der Waals surface area (Å²) < 4.78 is 64.1. The van der Waals surface area contributed by atoms with Gasteiger partial charge in [-0.25, -0.2) is 16.8 Å². The highest BCUT2D eigenvalue weighted by atomic mass is 35.5. The van der Waals surface area contributed by atoms with Crippen LogP contribution in [-0.2, 0) is 29.6 Å². The average molecular weight is 574 g/mol. The second-order valence-corrected chi connectivity index (χ2v) is 12.8. The van der Waals surface area contributed by atoms with Crippen molar-refractivity contribution in [1.29, 1.82) is 0 Å². The van der Waals surface area contributed by atoms with Gasteiger partial charge >= 0.3 is 0 Å². The average Bonchev–Trinajstić information content (AvgIpc) is 2.86. The minimum Gasteiger partial charge on any atom is -0.492 e. The van der Waals surface area contributed by atoms with Crippen molar-refractivity contribution in [1.82, 2.24) is 9.62 Å². The first kappa shape index (κ1) is 29.2. The maximum atomic E-state index is 13.0. The number of anilines is 1. The van der Waals surface area contributed by atoms with Crippen LogP contribution >= 0.6 is 11.6 Å². The van der Waals surface area contributed by atoms with Crippen molar-refractivity contribution in [3.8, 4) is 5.75 Å². The number of sulfonamides is 2. The van der Waals surface area contributed by atoms with Crippen LogP contribution in [0.1, 0.15) is 18.9 Å². The Bertz CT molecular complexity index is 1300. The highest BCUT2D eigenvalue weighted by molar-refractivity contribution is 7.92. The van der Waals surface area contributed by atoms with Gasteiger partial charge in [0, 0.05) is 18.1 Å². The molecule has 1 aliphatic rings. The molecule has 10 nitrogen and oxygen atoms in total. The third-order valence-corrected chi connectivity index (χ3v) is 9.15. The molecular weight excluding hydrogens is 542 g/mol. The number of ether oxygens (including phenoxy) is 2. The van der Waals surface area contributed by atoms with E-state index >= 15 is 0 Å². The van der Waals surface area contributed by atoms with Crippen LogP contribution in [0, 0.1) is 6.92 Å². The number of hydrogen-bond acceptors (Lipinski definition) is 7. The molecule has 0 spiro atoms. The summed E-state index contributed by atoms with van der Waals surface area (Å²) in [6.07, 6.45) is 1.29. The van der Waals surface area contributed by atoms with E-state index in [-0.39, 0.29) is 24.5 Å². The fourth-order valence-corrected chi connectivity index (χ4v) is 6.80. The van der Waals surface area contributed by atoms with Gasteiger partial charge in [-0.3, -0.25) is 9.10 Å². The molecule has 1 heterocycles. The number of nitrogens with zero attached hydrogens (tertiary/aromatic N) is 2. The molecule has 13 heteroatoms. The molecule has 2 aromatic rings. The molecule has 37 heavy (non-hydrogen) atoms. The molecule has 0 aromatic heterocycles. The van der Waals surface area contributed by atoms with Gasteiger partial charge in [-0.1, -0.05) is 24.6 Å². The van der Waals surface area contributed by atoms with Crippen LogP contribution in [-0.4, -0.2) is 78.8 Å². The van der Waals surface area contributed by atoms with Crippen molar-refractivity contribution >= 4 is 43.2 Å². The summed E-state index contributed by atoms with van der Waals surface area (Å²) in [5.41, 5.74) is 1.02. The van der Waals surface area contributed by atoms with Crippen molar-refractivity contribution in [2.45, 2.75) is 31.2 Å². The van der Waals surface area contributed by atoms with Gasteiger partial charge in [0.15, 0.2) is 0 Å². The van der Waals surface area contributed by atoms with E-state index in [2.05, 4.69) is 5.32 Å². The summed E-state index contributed by atoms with van der Waals surface area (Å²) in [6, 6.07) is 9.97. The minimum atomic E-state index is -3.79. The molecular formula is C24H32ClN3O7S2. The lowest BCUT2D eigenvalue weighted by Crippen LogP contribution is -2.50. The fourth-order valence-electron chi connectivity index (χ4n) is 3.96. The fraction of sp³-hybridized carbons (Fsp3) is 0.458. The molecule has 1 aliphatic heterocycles. The molecule has 0 unspecified atom stereocenters. The van der Waals surface area contributed by atoms with E-state index in [0.29, 0.717) is 48.3 Å². The number of rotatable bonds is 11. The third kappa shape index (κ3) is 7.35. The topological polar surface area (TPSA) is 122 Å².